The number of amides is 3. The van der Waals surface area contributed by atoms with Crippen LogP contribution in [0.2, 0.25) is 0 Å². The Morgan fingerprint density at radius 2 is 2.04 bits per heavy atom. The molecule has 7 nitrogen and oxygen atoms in total. The number of carbonyl (C=O) groups excluding carboxylic acids is 2. The molecule has 1 saturated heterocycles. The molecular weight excluding hydrogens is 310 g/mol. The summed E-state index contributed by atoms with van der Waals surface area (Å²) >= 11 is 0. The third-order valence-corrected chi connectivity index (χ3v) is 3.75. The van der Waals surface area contributed by atoms with Gasteiger partial charge in [-0.1, -0.05) is 18.2 Å². The van der Waals surface area contributed by atoms with Gasteiger partial charge in [0.25, 0.3) is 0 Å². The molecule has 1 aromatic carbocycles. The van der Waals surface area contributed by atoms with E-state index < -0.39 is 0 Å². The number of urea groups is 1. The molecule has 1 aliphatic heterocycles. The monoisotopic (exact) mass is 335 g/mol. The van der Waals surface area contributed by atoms with Crippen molar-refractivity contribution in [3.63, 3.8) is 0 Å². The van der Waals surface area contributed by atoms with Crippen LogP contribution in [0.4, 0.5) is 10.5 Å². The second-order valence-electron chi connectivity index (χ2n) is 5.85. The molecule has 0 aromatic heterocycles. The van der Waals surface area contributed by atoms with Crippen molar-refractivity contribution in [1.82, 2.24) is 10.2 Å². The van der Waals surface area contributed by atoms with Gasteiger partial charge in [-0.15, -0.1) is 0 Å². The molecule has 24 heavy (non-hydrogen) atoms. The van der Waals surface area contributed by atoms with Crippen molar-refractivity contribution in [2.24, 2.45) is 0 Å². The summed E-state index contributed by atoms with van der Waals surface area (Å²) in [6.45, 7) is 2.04. The van der Waals surface area contributed by atoms with Gasteiger partial charge in [-0.25, -0.2) is 4.79 Å². The van der Waals surface area contributed by atoms with Crippen molar-refractivity contribution in [2.75, 3.05) is 45.8 Å². The van der Waals surface area contributed by atoms with Crippen molar-refractivity contribution in [3.05, 3.63) is 29.8 Å². The summed E-state index contributed by atoms with van der Waals surface area (Å²) < 4.78 is 10.8. The fourth-order valence-electron chi connectivity index (χ4n) is 2.35. The Bertz CT molecular complexity index is 557. The maximum Gasteiger partial charge on any atom is 0.319 e. The molecule has 0 aliphatic carbocycles. The molecule has 0 saturated carbocycles. The standard InChI is InChI=1S/C17H25N3O4/c1-20(2)16(21)8-7-13-5-3-4-6-15(13)19-17(22)18-11-14-12-23-9-10-24-14/h3-6,14H,7-12H2,1-2H3,(H2,18,19,22). The molecule has 1 heterocycles. The summed E-state index contributed by atoms with van der Waals surface area (Å²) in [6, 6.07) is 7.19. The van der Waals surface area contributed by atoms with Gasteiger partial charge < -0.3 is 25.0 Å². The smallest absolute Gasteiger partial charge is 0.319 e. The first-order valence-corrected chi connectivity index (χ1v) is 8.08. The van der Waals surface area contributed by atoms with Gasteiger partial charge in [-0.2, -0.15) is 0 Å². The highest BCUT2D eigenvalue weighted by Gasteiger charge is 2.15. The molecular formula is C17H25N3O4. The minimum Gasteiger partial charge on any atom is -0.376 e. The molecule has 2 rings (SSSR count). The van der Waals surface area contributed by atoms with Crippen LogP contribution in [-0.4, -0.2) is 63.4 Å². The lowest BCUT2D eigenvalue weighted by molar-refractivity contribution is -0.128. The zero-order valence-electron chi connectivity index (χ0n) is 14.2. The van der Waals surface area contributed by atoms with Gasteiger partial charge in [-0.05, 0) is 18.1 Å². The van der Waals surface area contributed by atoms with Crippen molar-refractivity contribution in [3.8, 4) is 0 Å². The third kappa shape index (κ3) is 5.82. The van der Waals surface area contributed by atoms with Crippen molar-refractivity contribution in [2.45, 2.75) is 18.9 Å². The summed E-state index contributed by atoms with van der Waals surface area (Å²) in [6.07, 6.45) is 0.866. The van der Waals surface area contributed by atoms with E-state index >= 15 is 0 Å². The van der Waals surface area contributed by atoms with E-state index in [9.17, 15) is 9.59 Å². The minimum absolute atomic E-state index is 0.0590. The SMILES string of the molecule is CN(C)C(=O)CCc1ccccc1NC(=O)NCC1COCCO1. The van der Waals surface area contributed by atoms with Gasteiger partial charge in [0.2, 0.25) is 5.91 Å². The normalized spacial score (nSPS) is 17.2. The number of nitrogens with one attached hydrogen (secondary N) is 2. The fourth-order valence-corrected chi connectivity index (χ4v) is 2.35. The fraction of sp³-hybridized carbons (Fsp3) is 0.529. The summed E-state index contributed by atoms with van der Waals surface area (Å²) in [5.74, 6) is 0.0590. The molecule has 2 N–H and O–H groups in total. The molecule has 1 unspecified atom stereocenters. The number of nitrogens with zero attached hydrogens (tertiary/aromatic N) is 1. The number of aryl methyl sites for hydroxylation is 1. The van der Waals surface area contributed by atoms with Gasteiger partial charge in [0.1, 0.15) is 0 Å². The highest BCUT2D eigenvalue weighted by molar-refractivity contribution is 5.90. The van der Waals surface area contributed by atoms with E-state index in [4.69, 9.17) is 9.47 Å². The van der Waals surface area contributed by atoms with Crippen LogP contribution in [0, 0.1) is 0 Å². The maximum atomic E-state index is 12.1. The first-order chi connectivity index (χ1) is 11.6. The largest absolute Gasteiger partial charge is 0.376 e. The van der Waals surface area contributed by atoms with Gasteiger partial charge >= 0.3 is 6.03 Å². The van der Waals surface area contributed by atoms with E-state index in [1.807, 2.05) is 24.3 Å². The Morgan fingerprint density at radius 3 is 2.75 bits per heavy atom. The molecule has 0 bridgehead atoms. The van der Waals surface area contributed by atoms with Crippen LogP contribution in [0.15, 0.2) is 24.3 Å². The first-order valence-electron chi connectivity index (χ1n) is 8.08. The summed E-state index contributed by atoms with van der Waals surface area (Å²) in [7, 11) is 3.47. The quantitative estimate of drug-likeness (QED) is 0.820. The molecule has 0 radical (unpaired) electrons. The van der Waals surface area contributed by atoms with Crippen molar-refractivity contribution < 1.29 is 19.1 Å². The number of rotatable bonds is 6. The Morgan fingerprint density at radius 1 is 1.25 bits per heavy atom. The van der Waals surface area contributed by atoms with Crippen LogP contribution < -0.4 is 10.6 Å². The number of hydrogen-bond acceptors (Lipinski definition) is 4. The average molecular weight is 335 g/mol. The molecule has 7 heteroatoms. The topological polar surface area (TPSA) is 79.9 Å². The Hall–Kier alpha value is -2.12. The van der Waals surface area contributed by atoms with Crippen LogP contribution in [0.25, 0.3) is 0 Å². The highest BCUT2D eigenvalue weighted by Crippen LogP contribution is 2.17. The van der Waals surface area contributed by atoms with Gasteiger partial charge in [0.05, 0.1) is 25.9 Å². The van der Waals surface area contributed by atoms with Gasteiger partial charge in [-0.3, -0.25) is 4.79 Å². The Kier molecular flexibility index (Phi) is 7.02. The number of carbonyl (C=O) groups is 2. The molecule has 3 amide bonds. The zero-order valence-corrected chi connectivity index (χ0v) is 14.2. The summed E-state index contributed by atoms with van der Waals surface area (Å²) in [5, 5.41) is 5.61. The number of para-hydroxylation sites is 1. The number of hydrogen-bond donors (Lipinski definition) is 2. The predicted molar refractivity (Wildman–Crippen MR) is 91.0 cm³/mol. The Balaban J connectivity index is 1.84. The second kappa shape index (κ2) is 9.24. The minimum atomic E-state index is -0.296. The molecule has 0 spiro atoms. The van der Waals surface area contributed by atoms with E-state index in [-0.39, 0.29) is 18.0 Å². The number of anilines is 1. The van der Waals surface area contributed by atoms with Crippen molar-refractivity contribution in [1.29, 1.82) is 0 Å². The van der Waals surface area contributed by atoms with E-state index in [1.54, 1.807) is 19.0 Å². The lowest BCUT2D eigenvalue weighted by atomic mass is 10.1. The van der Waals surface area contributed by atoms with Gasteiger partial charge in [0, 0.05) is 32.7 Å². The second-order valence-corrected chi connectivity index (χ2v) is 5.85. The van der Waals surface area contributed by atoms with Crippen LogP contribution in [0.5, 0.6) is 0 Å². The van der Waals surface area contributed by atoms with Crippen LogP contribution in [0.3, 0.4) is 0 Å². The maximum absolute atomic E-state index is 12.1. The molecule has 1 fully saturated rings. The summed E-state index contributed by atoms with van der Waals surface area (Å²) in [5.41, 5.74) is 1.64. The highest BCUT2D eigenvalue weighted by atomic mass is 16.6. The lowest BCUT2D eigenvalue weighted by Crippen LogP contribution is -2.41. The van der Waals surface area contributed by atoms with Gasteiger partial charge in [0.15, 0.2) is 0 Å². The van der Waals surface area contributed by atoms with Crippen molar-refractivity contribution >= 4 is 17.6 Å². The van der Waals surface area contributed by atoms with E-state index in [0.29, 0.717) is 44.9 Å². The number of benzene rings is 1. The average Bonchev–Trinajstić information content (AvgIpc) is 2.59. The molecule has 1 aliphatic rings. The predicted octanol–water partition coefficient (Wildman–Crippen LogP) is 1.24. The van der Waals surface area contributed by atoms with E-state index in [1.165, 1.54) is 0 Å². The molecule has 1 aromatic rings. The number of ether oxygens (including phenoxy) is 2. The molecule has 1 atom stereocenters. The van der Waals surface area contributed by atoms with E-state index in [2.05, 4.69) is 10.6 Å². The zero-order chi connectivity index (χ0) is 17.4. The molecule has 132 valence electrons. The van der Waals surface area contributed by atoms with Crippen LogP contribution >= 0.6 is 0 Å². The Labute approximate surface area is 142 Å². The summed E-state index contributed by atoms with van der Waals surface area (Å²) in [4.78, 5) is 25.4. The first kappa shape index (κ1) is 18.2. The lowest BCUT2D eigenvalue weighted by Gasteiger charge is -2.23. The van der Waals surface area contributed by atoms with Crippen LogP contribution in [0.1, 0.15) is 12.0 Å². The third-order valence-electron chi connectivity index (χ3n) is 3.75. The van der Waals surface area contributed by atoms with E-state index in [0.717, 1.165) is 5.56 Å². The van der Waals surface area contributed by atoms with Crippen LogP contribution in [-0.2, 0) is 20.7 Å².